The quantitative estimate of drug-likeness (QED) is 0.748. The summed E-state index contributed by atoms with van der Waals surface area (Å²) in [7, 11) is 0. The predicted molar refractivity (Wildman–Crippen MR) is 54.0 cm³/mol. The molecule has 1 aromatic rings. The van der Waals surface area contributed by atoms with Gasteiger partial charge in [0.25, 0.3) is 0 Å². The van der Waals surface area contributed by atoms with Gasteiger partial charge in [0, 0.05) is 26.2 Å². The molecule has 1 aliphatic heterocycles. The minimum atomic E-state index is 0.185. The molecule has 0 saturated carbocycles. The highest BCUT2D eigenvalue weighted by Crippen LogP contribution is 2.11. The van der Waals surface area contributed by atoms with Crippen molar-refractivity contribution < 1.29 is 4.74 Å². The Labute approximate surface area is 87.0 Å². The second-order valence-corrected chi connectivity index (χ2v) is 4.22. The maximum absolute atomic E-state index is 5.57. The summed E-state index contributed by atoms with van der Waals surface area (Å²) < 4.78 is 9.32. The Morgan fingerprint density at radius 3 is 3.36 bits per heavy atom. The fraction of sp³-hybridized carbons (Fsp3) is 0.750. The molecule has 1 aromatic heterocycles. The van der Waals surface area contributed by atoms with Crippen LogP contribution in [0.5, 0.6) is 0 Å². The molecule has 14 heavy (non-hydrogen) atoms. The lowest BCUT2D eigenvalue weighted by Crippen LogP contribution is -2.44. The van der Waals surface area contributed by atoms with Crippen molar-refractivity contribution in [2.24, 2.45) is 5.73 Å². The molecule has 5 nitrogen and oxygen atoms in total. The van der Waals surface area contributed by atoms with Crippen molar-refractivity contribution in [3.05, 3.63) is 11.1 Å². The van der Waals surface area contributed by atoms with Gasteiger partial charge in [0.1, 0.15) is 0 Å². The maximum Gasteiger partial charge on any atom is 0.0824 e. The molecule has 6 heteroatoms. The first-order valence-electron chi connectivity index (χ1n) is 4.68. The van der Waals surface area contributed by atoms with Crippen LogP contribution in [-0.2, 0) is 11.3 Å². The number of hydrogen-bond acceptors (Lipinski definition) is 6. The summed E-state index contributed by atoms with van der Waals surface area (Å²) in [5.41, 5.74) is 5.57. The Morgan fingerprint density at radius 2 is 2.64 bits per heavy atom. The SMILES string of the molecule is NCC1CN(Cc2cnns2)CCO1. The lowest BCUT2D eigenvalue weighted by Gasteiger charge is -2.31. The van der Waals surface area contributed by atoms with Crippen LogP contribution in [0.3, 0.4) is 0 Å². The van der Waals surface area contributed by atoms with Gasteiger partial charge in [0.15, 0.2) is 0 Å². The normalized spacial score (nSPS) is 23.9. The second-order valence-electron chi connectivity index (χ2n) is 3.35. The van der Waals surface area contributed by atoms with E-state index >= 15 is 0 Å². The van der Waals surface area contributed by atoms with Crippen molar-refractivity contribution in [2.45, 2.75) is 12.6 Å². The van der Waals surface area contributed by atoms with Crippen LogP contribution in [0.1, 0.15) is 4.88 Å². The van der Waals surface area contributed by atoms with Gasteiger partial charge < -0.3 is 10.5 Å². The summed E-state index contributed by atoms with van der Waals surface area (Å²) in [4.78, 5) is 3.53. The summed E-state index contributed by atoms with van der Waals surface area (Å²) in [6, 6.07) is 0. The lowest BCUT2D eigenvalue weighted by molar-refractivity contribution is -0.0257. The van der Waals surface area contributed by atoms with Gasteiger partial charge >= 0.3 is 0 Å². The predicted octanol–water partition coefficient (Wildman–Crippen LogP) is -0.302. The van der Waals surface area contributed by atoms with E-state index < -0.39 is 0 Å². The monoisotopic (exact) mass is 214 g/mol. The number of ether oxygens (including phenoxy) is 1. The minimum Gasteiger partial charge on any atom is -0.374 e. The molecule has 2 rings (SSSR count). The van der Waals surface area contributed by atoms with Crippen LogP contribution >= 0.6 is 11.5 Å². The zero-order chi connectivity index (χ0) is 9.80. The first-order valence-corrected chi connectivity index (χ1v) is 5.46. The fourth-order valence-electron chi connectivity index (χ4n) is 1.54. The van der Waals surface area contributed by atoms with Crippen LogP contribution in [0.15, 0.2) is 6.20 Å². The number of nitrogens with two attached hydrogens (primary N) is 1. The summed E-state index contributed by atoms with van der Waals surface area (Å²) in [6.07, 6.45) is 2.00. The summed E-state index contributed by atoms with van der Waals surface area (Å²) >= 11 is 1.45. The minimum absolute atomic E-state index is 0.185. The zero-order valence-electron chi connectivity index (χ0n) is 7.93. The van der Waals surface area contributed by atoms with Crippen LogP contribution in [0.4, 0.5) is 0 Å². The van der Waals surface area contributed by atoms with Crippen molar-refractivity contribution in [2.75, 3.05) is 26.2 Å². The molecule has 1 saturated heterocycles. The molecule has 1 fully saturated rings. The number of nitrogens with zero attached hydrogens (tertiary/aromatic N) is 3. The second kappa shape index (κ2) is 4.79. The van der Waals surface area contributed by atoms with Gasteiger partial charge in [-0.2, -0.15) is 0 Å². The molecule has 0 aliphatic carbocycles. The Kier molecular flexibility index (Phi) is 3.41. The molecule has 78 valence electrons. The maximum atomic E-state index is 5.57. The van der Waals surface area contributed by atoms with E-state index in [2.05, 4.69) is 14.5 Å². The van der Waals surface area contributed by atoms with E-state index in [9.17, 15) is 0 Å². The fourth-order valence-corrected chi connectivity index (χ4v) is 2.08. The van der Waals surface area contributed by atoms with E-state index in [1.165, 1.54) is 16.4 Å². The number of aromatic nitrogens is 2. The third kappa shape index (κ3) is 2.48. The average Bonchev–Trinajstić information content (AvgIpc) is 2.71. The van der Waals surface area contributed by atoms with E-state index in [1.807, 2.05) is 6.20 Å². The molecule has 2 heterocycles. The number of rotatable bonds is 3. The first-order chi connectivity index (χ1) is 6.88. The molecular weight excluding hydrogens is 200 g/mol. The van der Waals surface area contributed by atoms with Gasteiger partial charge in [-0.3, -0.25) is 4.90 Å². The molecule has 1 atom stereocenters. The smallest absolute Gasteiger partial charge is 0.0824 e. The largest absolute Gasteiger partial charge is 0.374 e. The van der Waals surface area contributed by atoms with Gasteiger partial charge in [-0.15, -0.1) is 5.10 Å². The van der Waals surface area contributed by atoms with E-state index in [1.54, 1.807) is 0 Å². The van der Waals surface area contributed by atoms with Crippen LogP contribution in [0.25, 0.3) is 0 Å². The third-order valence-electron chi connectivity index (χ3n) is 2.27. The van der Waals surface area contributed by atoms with E-state index in [0.29, 0.717) is 6.54 Å². The van der Waals surface area contributed by atoms with E-state index in [0.717, 1.165) is 26.2 Å². The van der Waals surface area contributed by atoms with Gasteiger partial charge in [-0.05, 0) is 11.5 Å². The standard InChI is InChI=1S/C8H14N4OS/c9-3-7-5-12(1-2-13-7)6-8-4-10-11-14-8/h4,7H,1-3,5-6,9H2. The van der Waals surface area contributed by atoms with Crippen molar-refractivity contribution in [3.8, 4) is 0 Å². The number of hydrogen-bond donors (Lipinski definition) is 1. The van der Waals surface area contributed by atoms with Gasteiger partial charge in [-0.25, -0.2) is 0 Å². The van der Waals surface area contributed by atoms with Crippen LogP contribution in [-0.4, -0.2) is 46.8 Å². The Balaban J connectivity index is 1.86. The summed E-state index contributed by atoms with van der Waals surface area (Å²) in [5.74, 6) is 0. The van der Waals surface area contributed by atoms with Crippen molar-refractivity contribution in [1.29, 1.82) is 0 Å². The van der Waals surface area contributed by atoms with Crippen LogP contribution < -0.4 is 5.73 Å². The Bertz CT molecular complexity index is 266. The molecule has 0 bridgehead atoms. The van der Waals surface area contributed by atoms with Crippen molar-refractivity contribution >= 4 is 11.5 Å². The number of morpholine rings is 1. The zero-order valence-corrected chi connectivity index (χ0v) is 8.74. The molecule has 1 unspecified atom stereocenters. The third-order valence-corrected chi connectivity index (χ3v) is 2.92. The van der Waals surface area contributed by atoms with E-state index in [-0.39, 0.29) is 6.10 Å². The van der Waals surface area contributed by atoms with Crippen LogP contribution in [0, 0.1) is 0 Å². The highest BCUT2D eigenvalue weighted by molar-refractivity contribution is 7.05. The van der Waals surface area contributed by atoms with Crippen molar-refractivity contribution in [1.82, 2.24) is 14.5 Å². The molecule has 0 spiro atoms. The summed E-state index contributed by atoms with van der Waals surface area (Å²) in [6.45, 7) is 4.16. The first kappa shape index (κ1) is 9.97. The average molecular weight is 214 g/mol. The van der Waals surface area contributed by atoms with Gasteiger partial charge in [-0.1, -0.05) is 4.49 Å². The molecule has 0 amide bonds. The van der Waals surface area contributed by atoms with Gasteiger partial charge in [0.05, 0.1) is 23.8 Å². The molecule has 1 aliphatic rings. The molecular formula is C8H14N4OS. The molecule has 0 radical (unpaired) electrons. The lowest BCUT2D eigenvalue weighted by atomic mass is 10.2. The molecule has 0 aromatic carbocycles. The van der Waals surface area contributed by atoms with Crippen LogP contribution in [0.2, 0.25) is 0 Å². The highest BCUT2D eigenvalue weighted by atomic mass is 32.1. The Morgan fingerprint density at radius 1 is 1.71 bits per heavy atom. The van der Waals surface area contributed by atoms with Crippen molar-refractivity contribution in [3.63, 3.8) is 0 Å². The Hall–Kier alpha value is -0.560. The van der Waals surface area contributed by atoms with E-state index in [4.69, 9.17) is 10.5 Å². The summed E-state index contributed by atoms with van der Waals surface area (Å²) in [5, 5.41) is 3.81. The van der Waals surface area contributed by atoms with Gasteiger partial charge in [0.2, 0.25) is 0 Å². The topological polar surface area (TPSA) is 64.3 Å². The highest BCUT2D eigenvalue weighted by Gasteiger charge is 2.19. The molecule has 2 N–H and O–H groups in total.